The lowest BCUT2D eigenvalue weighted by molar-refractivity contribution is -0.129. The second-order valence-corrected chi connectivity index (χ2v) is 7.24. The predicted octanol–water partition coefficient (Wildman–Crippen LogP) is 2.35. The number of carbonyl (C=O) groups excluding carboxylic acids is 2. The van der Waals surface area contributed by atoms with Crippen molar-refractivity contribution < 1.29 is 18.5 Å². The highest BCUT2D eigenvalue weighted by atomic mass is 32.2. The van der Waals surface area contributed by atoms with Crippen LogP contribution in [0.1, 0.15) is 22.2 Å². The lowest BCUT2D eigenvalue weighted by atomic mass is 10.2. The van der Waals surface area contributed by atoms with Gasteiger partial charge in [-0.2, -0.15) is 0 Å². The first-order valence-corrected chi connectivity index (χ1v) is 9.35. The Bertz CT molecular complexity index is 695. The molecule has 0 aliphatic carbocycles. The Kier molecular flexibility index (Phi) is 6.06. The van der Waals surface area contributed by atoms with Gasteiger partial charge in [0.15, 0.2) is 6.10 Å². The maximum atomic E-state index is 12.0. The summed E-state index contributed by atoms with van der Waals surface area (Å²) in [6, 6.07) is 10.1. The molecule has 0 aliphatic rings. The van der Waals surface area contributed by atoms with E-state index in [1.165, 1.54) is 19.1 Å². The summed E-state index contributed by atoms with van der Waals surface area (Å²) < 4.78 is 16.5. The van der Waals surface area contributed by atoms with Crippen molar-refractivity contribution in [1.29, 1.82) is 0 Å². The molecule has 0 spiro atoms. The third-order valence-corrected chi connectivity index (χ3v) is 4.90. The van der Waals surface area contributed by atoms with E-state index in [-0.39, 0.29) is 5.91 Å². The van der Waals surface area contributed by atoms with Crippen LogP contribution in [0.25, 0.3) is 0 Å². The fourth-order valence-corrected chi connectivity index (χ4v) is 2.96. The number of carbonyl (C=O) groups is 2. The van der Waals surface area contributed by atoms with Crippen LogP contribution in [-0.2, 0) is 26.9 Å². The number of ether oxygens (including phenoxy) is 1. The third-order valence-electron chi connectivity index (χ3n) is 3.09. The monoisotopic (exact) mass is 351 g/mol. The number of hydrogen-bond donors (Lipinski definition) is 1. The lowest BCUT2D eigenvalue weighted by Gasteiger charge is -2.13. The smallest absolute Gasteiger partial charge is 0.338 e. The zero-order chi connectivity index (χ0) is 16.8. The molecule has 122 valence electrons. The first kappa shape index (κ1) is 17.4. The Balaban J connectivity index is 1.88. The summed E-state index contributed by atoms with van der Waals surface area (Å²) in [6.45, 7) is 1.94. The number of esters is 1. The predicted molar refractivity (Wildman–Crippen MR) is 89.8 cm³/mol. The minimum atomic E-state index is -1.10. The largest absolute Gasteiger partial charge is 0.449 e. The molecule has 0 aliphatic heterocycles. The van der Waals surface area contributed by atoms with E-state index in [1.807, 2.05) is 17.5 Å². The molecule has 1 heterocycles. The zero-order valence-corrected chi connectivity index (χ0v) is 14.4. The molecule has 1 aromatic heterocycles. The topological polar surface area (TPSA) is 72.5 Å². The maximum absolute atomic E-state index is 12.0. The number of rotatable bonds is 6. The van der Waals surface area contributed by atoms with Crippen LogP contribution in [0.5, 0.6) is 0 Å². The molecule has 23 heavy (non-hydrogen) atoms. The summed E-state index contributed by atoms with van der Waals surface area (Å²) in [6.07, 6.45) is 0.676. The molecule has 1 amide bonds. The first-order chi connectivity index (χ1) is 11.0. The zero-order valence-electron chi connectivity index (χ0n) is 12.8. The molecule has 7 heteroatoms. The van der Waals surface area contributed by atoms with Gasteiger partial charge in [0, 0.05) is 26.8 Å². The van der Waals surface area contributed by atoms with E-state index in [9.17, 15) is 13.8 Å². The SMILES string of the molecule is CC(OC(=O)c1ccc(S(C)=O)cc1)C(=O)NCc1cccs1. The summed E-state index contributed by atoms with van der Waals surface area (Å²) in [5.74, 6) is -0.935. The van der Waals surface area contributed by atoms with Crippen LogP contribution < -0.4 is 5.32 Å². The minimum absolute atomic E-state index is 0.317. The van der Waals surface area contributed by atoms with Crippen LogP contribution in [0.2, 0.25) is 0 Å². The Morgan fingerprint density at radius 1 is 1.26 bits per heavy atom. The summed E-state index contributed by atoms with van der Waals surface area (Å²) in [7, 11) is -1.10. The fraction of sp³-hybridized carbons (Fsp3) is 0.250. The molecular weight excluding hydrogens is 334 g/mol. The van der Waals surface area contributed by atoms with Crippen molar-refractivity contribution in [2.75, 3.05) is 6.26 Å². The van der Waals surface area contributed by atoms with Crippen molar-refractivity contribution in [2.24, 2.45) is 0 Å². The first-order valence-electron chi connectivity index (χ1n) is 6.92. The van der Waals surface area contributed by atoms with E-state index < -0.39 is 22.9 Å². The standard InChI is InChI=1S/C16H17NO4S2/c1-11(15(18)17-10-13-4-3-9-22-13)21-16(19)12-5-7-14(8-6-12)23(2)20/h3-9,11H,10H2,1-2H3,(H,17,18). The highest BCUT2D eigenvalue weighted by Crippen LogP contribution is 2.11. The number of benzene rings is 1. The molecule has 0 fully saturated rings. The van der Waals surface area contributed by atoms with Gasteiger partial charge in [0.1, 0.15) is 0 Å². The van der Waals surface area contributed by atoms with Gasteiger partial charge in [-0.1, -0.05) is 6.07 Å². The van der Waals surface area contributed by atoms with Gasteiger partial charge in [0.2, 0.25) is 0 Å². The number of hydrogen-bond acceptors (Lipinski definition) is 5. The van der Waals surface area contributed by atoms with Gasteiger partial charge in [-0.05, 0) is 42.6 Å². The van der Waals surface area contributed by atoms with E-state index in [0.717, 1.165) is 4.88 Å². The summed E-state index contributed by atoms with van der Waals surface area (Å²) >= 11 is 1.54. The molecule has 1 aromatic carbocycles. The van der Waals surface area contributed by atoms with Gasteiger partial charge < -0.3 is 10.1 Å². The number of nitrogens with one attached hydrogen (secondary N) is 1. The van der Waals surface area contributed by atoms with Crippen molar-refractivity contribution >= 4 is 34.0 Å². The highest BCUT2D eigenvalue weighted by Gasteiger charge is 2.18. The van der Waals surface area contributed by atoms with Crippen LogP contribution in [0.3, 0.4) is 0 Å². The molecule has 2 unspecified atom stereocenters. The molecule has 2 aromatic rings. The van der Waals surface area contributed by atoms with Gasteiger partial charge in [-0.25, -0.2) is 4.79 Å². The van der Waals surface area contributed by atoms with Crippen molar-refractivity contribution in [3.63, 3.8) is 0 Å². The van der Waals surface area contributed by atoms with Gasteiger partial charge in [0.05, 0.1) is 12.1 Å². The van der Waals surface area contributed by atoms with Gasteiger partial charge >= 0.3 is 5.97 Å². The average Bonchev–Trinajstić information content (AvgIpc) is 3.05. The molecule has 2 rings (SSSR count). The summed E-state index contributed by atoms with van der Waals surface area (Å²) in [5, 5.41) is 4.65. The Morgan fingerprint density at radius 3 is 2.52 bits per heavy atom. The van der Waals surface area contributed by atoms with Crippen LogP contribution >= 0.6 is 11.3 Å². The van der Waals surface area contributed by atoms with Gasteiger partial charge in [-0.15, -0.1) is 11.3 Å². The summed E-state index contributed by atoms with van der Waals surface area (Å²) in [4.78, 5) is 25.6. The number of thiophene rings is 1. The highest BCUT2D eigenvalue weighted by molar-refractivity contribution is 7.84. The van der Waals surface area contributed by atoms with Crippen LogP contribution in [0, 0.1) is 0 Å². The Labute approximate surface area is 141 Å². The minimum Gasteiger partial charge on any atom is -0.449 e. The molecule has 0 saturated carbocycles. The van der Waals surface area contributed by atoms with E-state index in [4.69, 9.17) is 4.74 Å². The van der Waals surface area contributed by atoms with Crippen LogP contribution in [-0.4, -0.2) is 28.4 Å². The van der Waals surface area contributed by atoms with E-state index in [0.29, 0.717) is 17.0 Å². The molecule has 2 atom stereocenters. The van der Waals surface area contributed by atoms with Gasteiger partial charge in [0.25, 0.3) is 5.91 Å². The van der Waals surface area contributed by atoms with Crippen molar-refractivity contribution in [3.05, 3.63) is 52.2 Å². The molecule has 5 nitrogen and oxygen atoms in total. The van der Waals surface area contributed by atoms with Crippen molar-refractivity contribution in [1.82, 2.24) is 5.32 Å². The second kappa shape index (κ2) is 8.03. The quantitative estimate of drug-likeness (QED) is 0.811. The Hall–Kier alpha value is -1.99. The fourth-order valence-electron chi connectivity index (χ4n) is 1.80. The molecule has 1 N–H and O–H groups in total. The van der Waals surface area contributed by atoms with E-state index in [1.54, 1.807) is 29.7 Å². The van der Waals surface area contributed by atoms with E-state index >= 15 is 0 Å². The maximum Gasteiger partial charge on any atom is 0.338 e. The molecule has 0 saturated heterocycles. The van der Waals surface area contributed by atoms with Crippen molar-refractivity contribution in [2.45, 2.75) is 24.5 Å². The van der Waals surface area contributed by atoms with Crippen molar-refractivity contribution in [3.8, 4) is 0 Å². The Morgan fingerprint density at radius 2 is 1.96 bits per heavy atom. The molecular formula is C16H17NO4S2. The molecule has 0 radical (unpaired) electrons. The normalized spacial score (nSPS) is 13.1. The van der Waals surface area contributed by atoms with E-state index in [2.05, 4.69) is 5.32 Å². The third kappa shape index (κ3) is 5.01. The van der Waals surface area contributed by atoms with Crippen LogP contribution in [0.4, 0.5) is 0 Å². The summed E-state index contributed by atoms with van der Waals surface area (Å²) in [5.41, 5.74) is 0.317. The van der Waals surface area contributed by atoms with Crippen LogP contribution in [0.15, 0.2) is 46.7 Å². The second-order valence-electron chi connectivity index (χ2n) is 4.82. The molecule has 0 bridgehead atoms. The number of amides is 1. The average molecular weight is 351 g/mol. The van der Waals surface area contributed by atoms with Gasteiger partial charge in [-0.3, -0.25) is 9.00 Å². The lowest BCUT2D eigenvalue weighted by Crippen LogP contribution is -2.35.